The quantitative estimate of drug-likeness (QED) is 0.512. The number of sulfonamides is 1. The highest BCUT2D eigenvalue weighted by molar-refractivity contribution is 7.92. The summed E-state index contributed by atoms with van der Waals surface area (Å²) in [5.74, 6) is -1.06. The standard InChI is InChI=1S/C21H17N3O5S/c1-24(16-7-3-2-4-8-16)30(27,28)17-9-5-6-15(13-17)22-20(25)14-10-11-19-18(12-14)23-21(26)29-19/h2-13H,1H3,(H,22,25)(H,23,26). The van der Waals surface area contributed by atoms with Gasteiger partial charge in [-0.25, -0.2) is 13.2 Å². The largest absolute Gasteiger partial charge is 0.417 e. The first kappa shape index (κ1) is 19.5. The Bertz CT molecular complexity index is 1390. The van der Waals surface area contributed by atoms with Crippen molar-refractivity contribution in [1.29, 1.82) is 0 Å². The maximum absolute atomic E-state index is 13.0. The Morgan fingerprint density at radius 1 is 1.00 bits per heavy atom. The number of anilines is 2. The molecule has 0 aliphatic carbocycles. The minimum Gasteiger partial charge on any atom is -0.408 e. The molecule has 0 saturated heterocycles. The molecule has 3 aromatic carbocycles. The van der Waals surface area contributed by atoms with Crippen LogP contribution in [-0.2, 0) is 10.0 Å². The number of fused-ring (bicyclic) bond motifs is 1. The first-order valence-corrected chi connectivity index (χ1v) is 10.4. The Labute approximate surface area is 171 Å². The number of H-pyrrole nitrogens is 1. The minimum atomic E-state index is -3.81. The number of hydrogen-bond acceptors (Lipinski definition) is 5. The van der Waals surface area contributed by atoms with Gasteiger partial charge in [-0.15, -0.1) is 0 Å². The van der Waals surface area contributed by atoms with Gasteiger partial charge in [0.2, 0.25) is 0 Å². The first-order chi connectivity index (χ1) is 14.3. The van der Waals surface area contributed by atoms with E-state index in [4.69, 9.17) is 4.42 Å². The normalized spacial score (nSPS) is 11.4. The molecule has 1 amide bonds. The van der Waals surface area contributed by atoms with Gasteiger partial charge in [-0.1, -0.05) is 24.3 Å². The highest BCUT2D eigenvalue weighted by Crippen LogP contribution is 2.24. The Morgan fingerprint density at radius 3 is 2.53 bits per heavy atom. The summed E-state index contributed by atoms with van der Waals surface area (Å²) in [5.41, 5.74) is 1.87. The van der Waals surface area contributed by atoms with Gasteiger partial charge in [0.15, 0.2) is 5.58 Å². The molecule has 1 heterocycles. The van der Waals surface area contributed by atoms with Gasteiger partial charge in [-0.3, -0.25) is 14.1 Å². The molecule has 4 aromatic rings. The van der Waals surface area contributed by atoms with E-state index in [9.17, 15) is 18.0 Å². The monoisotopic (exact) mass is 423 g/mol. The third-order valence-corrected chi connectivity index (χ3v) is 6.33. The number of nitrogens with zero attached hydrogens (tertiary/aromatic N) is 1. The van der Waals surface area contributed by atoms with Crippen molar-refractivity contribution in [2.45, 2.75) is 4.90 Å². The van der Waals surface area contributed by atoms with Gasteiger partial charge >= 0.3 is 5.76 Å². The molecule has 30 heavy (non-hydrogen) atoms. The predicted molar refractivity (Wildman–Crippen MR) is 113 cm³/mol. The van der Waals surface area contributed by atoms with E-state index in [0.717, 1.165) is 0 Å². The lowest BCUT2D eigenvalue weighted by Gasteiger charge is -2.19. The number of carbonyl (C=O) groups is 1. The molecular formula is C21H17N3O5S. The van der Waals surface area contributed by atoms with E-state index in [1.165, 1.54) is 41.7 Å². The number of amides is 1. The second kappa shape index (κ2) is 7.53. The summed E-state index contributed by atoms with van der Waals surface area (Å²) >= 11 is 0. The molecule has 2 N–H and O–H groups in total. The summed E-state index contributed by atoms with van der Waals surface area (Å²) < 4.78 is 32.0. The molecule has 0 fully saturated rings. The molecule has 0 bridgehead atoms. The molecule has 0 atom stereocenters. The maximum atomic E-state index is 13.0. The Balaban J connectivity index is 1.59. The molecule has 0 radical (unpaired) electrons. The number of oxazole rings is 1. The number of carbonyl (C=O) groups excluding carboxylic acids is 1. The van der Waals surface area contributed by atoms with Crippen LogP contribution in [0.25, 0.3) is 11.1 Å². The zero-order valence-corrected chi connectivity index (χ0v) is 16.6. The number of hydrogen-bond donors (Lipinski definition) is 2. The average Bonchev–Trinajstić information content (AvgIpc) is 3.13. The fraction of sp³-hybridized carbons (Fsp3) is 0.0476. The van der Waals surface area contributed by atoms with Gasteiger partial charge in [0.1, 0.15) is 0 Å². The highest BCUT2D eigenvalue weighted by atomic mass is 32.2. The number of aromatic nitrogens is 1. The highest BCUT2D eigenvalue weighted by Gasteiger charge is 2.21. The molecular weight excluding hydrogens is 406 g/mol. The number of nitrogens with one attached hydrogen (secondary N) is 2. The molecule has 9 heteroatoms. The van der Waals surface area contributed by atoms with Crippen LogP contribution in [0.3, 0.4) is 0 Å². The fourth-order valence-corrected chi connectivity index (χ4v) is 4.21. The van der Waals surface area contributed by atoms with E-state index in [1.807, 2.05) is 0 Å². The SMILES string of the molecule is CN(c1ccccc1)S(=O)(=O)c1cccc(NC(=O)c2ccc3oc(=O)[nH]c3c2)c1. The molecule has 8 nitrogen and oxygen atoms in total. The van der Waals surface area contributed by atoms with Crippen LogP contribution in [0.15, 0.2) is 86.9 Å². The van der Waals surface area contributed by atoms with Crippen molar-refractivity contribution in [3.8, 4) is 0 Å². The zero-order chi connectivity index (χ0) is 21.3. The molecule has 0 saturated carbocycles. The molecule has 0 aliphatic heterocycles. The third kappa shape index (κ3) is 3.70. The summed E-state index contributed by atoms with van der Waals surface area (Å²) in [4.78, 5) is 26.4. The zero-order valence-electron chi connectivity index (χ0n) is 15.8. The first-order valence-electron chi connectivity index (χ1n) is 8.93. The van der Waals surface area contributed by atoms with Crippen LogP contribution in [0.2, 0.25) is 0 Å². The van der Waals surface area contributed by atoms with Crippen LogP contribution < -0.4 is 15.4 Å². The van der Waals surface area contributed by atoms with E-state index in [1.54, 1.807) is 42.5 Å². The number of aromatic amines is 1. The van der Waals surface area contributed by atoms with Crippen molar-refractivity contribution in [1.82, 2.24) is 4.98 Å². The number of para-hydroxylation sites is 1. The van der Waals surface area contributed by atoms with E-state index >= 15 is 0 Å². The smallest absolute Gasteiger partial charge is 0.408 e. The van der Waals surface area contributed by atoms with E-state index in [-0.39, 0.29) is 10.5 Å². The van der Waals surface area contributed by atoms with Crippen LogP contribution >= 0.6 is 0 Å². The van der Waals surface area contributed by atoms with Gasteiger partial charge in [-0.2, -0.15) is 0 Å². The predicted octanol–water partition coefficient (Wildman–Crippen LogP) is 3.20. The van der Waals surface area contributed by atoms with Crippen molar-refractivity contribution < 1.29 is 17.6 Å². The summed E-state index contributed by atoms with van der Waals surface area (Å²) in [6.45, 7) is 0. The lowest BCUT2D eigenvalue weighted by Crippen LogP contribution is -2.26. The van der Waals surface area contributed by atoms with E-state index in [2.05, 4.69) is 10.3 Å². The summed E-state index contributed by atoms with van der Waals surface area (Å²) in [6, 6.07) is 19.2. The fourth-order valence-electron chi connectivity index (χ4n) is 2.97. The second-order valence-electron chi connectivity index (χ2n) is 6.52. The van der Waals surface area contributed by atoms with Gasteiger partial charge in [0.25, 0.3) is 15.9 Å². The third-order valence-electron chi connectivity index (χ3n) is 4.55. The van der Waals surface area contributed by atoms with Gasteiger partial charge < -0.3 is 9.73 Å². The minimum absolute atomic E-state index is 0.0428. The summed E-state index contributed by atoms with van der Waals surface area (Å²) in [5, 5.41) is 2.68. The summed E-state index contributed by atoms with van der Waals surface area (Å²) in [6.07, 6.45) is 0. The Morgan fingerprint density at radius 2 is 1.77 bits per heavy atom. The van der Waals surface area contributed by atoms with E-state index < -0.39 is 21.7 Å². The van der Waals surface area contributed by atoms with Crippen molar-refractivity contribution in [3.05, 3.63) is 88.9 Å². The van der Waals surface area contributed by atoms with Crippen LogP contribution in [0.4, 0.5) is 11.4 Å². The van der Waals surface area contributed by atoms with Crippen LogP contribution in [0.5, 0.6) is 0 Å². The van der Waals surface area contributed by atoms with E-state index in [0.29, 0.717) is 22.5 Å². The molecule has 0 aliphatic rings. The maximum Gasteiger partial charge on any atom is 0.417 e. The van der Waals surface area contributed by atoms with Crippen LogP contribution in [-0.4, -0.2) is 26.4 Å². The van der Waals surface area contributed by atoms with Crippen molar-refractivity contribution in [2.24, 2.45) is 0 Å². The lowest BCUT2D eigenvalue weighted by molar-refractivity contribution is 0.102. The van der Waals surface area contributed by atoms with Crippen LogP contribution in [0.1, 0.15) is 10.4 Å². The number of benzene rings is 3. The van der Waals surface area contributed by atoms with Gasteiger partial charge in [-0.05, 0) is 48.5 Å². The molecule has 0 spiro atoms. The molecule has 152 valence electrons. The van der Waals surface area contributed by atoms with Crippen molar-refractivity contribution in [3.63, 3.8) is 0 Å². The summed E-state index contributed by atoms with van der Waals surface area (Å²) in [7, 11) is -2.34. The molecule has 4 rings (SSSR count). The van der Waals surface area contributed by atoms with Gasteiger partial charge in [0.05, 0.1) is 16.1 Å². The Kier molecular flexibility index (Phi) is 4.88. The van der Waals surface area contributed by atoms with Crippen molar-refractivity contribution >= 4 is 38.4 Å². The molecule has 1 aromatic heterocycles. The lowest BCUT2D eigenvalue weighted by atomic mass is 10.2. The molecule has 0 unspecified atom stereocenters. The average molecular weight is 423 g/mol. The van der Waals surface area contributed by atoms with Crippen LogP contribution in [0, 0.1) is 0 Å². The Hall–Kier alpha value is -3.85. The number of rotatable bonds is 5. The van der Waals surface area contributed by atoms with Crippen molar-refractivity contribution in [2.75, 3.05) is 16.7 Å². The topological polar surface area (TPSA) is 112 Å². The second-order valence-corrected chi connectivity index (χ2v) is 8.48. The van der Waals surface area contributed by atoms with Gasteiger partial charge in [0, 0.05) is 18.3 Å².